The molecule has 0 saturated carbocycles. The van der Waals surface area contributed by atoms with Crippen molar-refractivity contribution in [1.29, 1.82) is 0 Å². The van der Waals surface area contributed by atoms with Crippen LogP contribution in [0.2, 0.25) is 0 Å². The second-order valence-electron chi connectivity index (χ2n) is 8.39. The fourth-order valence-corrected chi connectivity index (χ4v) is 3.39. The average Bonchev–Trinajstić information content (AvgIpc) is 2.47. The van der Waals surface area contributed by atoms with Crippen LogP contribution in [0.15, 0.2) is 18.2 Å². The quantitative estimate of drug-likeness (QED) is 0.397. The molecule has 1 rings (SSSR count). The van der Waals surface area contributed by atoms with Crippen molar-refractivity contribution in [3.8, 4) is 5.75 Å². The van der Waals surface area contributed by atoms with Crippen molar-refractivity contribution in [2.75, 3.05) is 0 Å². The van der Waals surface area contributed by atoms with Crippen molar-refractivity contribution in [2.24, 2.45) is 0 Å². The molecule has 0 atom stereocenters. The first kappa shape index (κ1) is 20.1. The van der Waals surface area contributed by atoms with E-state index in [1.807, 2.05) is 0 Å². The van der Waals surface area contributed by atoms with Crippen LogP contribution in [-0.2, 0) is 15.9 Å². The first-order valence-corrected chi connectivity index (χ1v) is 9.56. The molecule has 0 aromatic heterocycles. The molecule has 0 aliphatic carbocycles. The van der Waals surface area contributed by atoms with E-state index in [0.29, 0.717) is 0 Å². The summed E-state index contributed by atoms with van der Waals surface area (Å²) in [5.41, 5.74) is 2.46. The molecule has 0 bridgehead atoms. The molecule has 1 radical (unpaired) electrons. The fourth-order valence-electron chi connectivity index (χ4n) is 3.39. The molecule has 0 fully saturated rings. The summed E-state index contributed by atoms with van der Waals surface area (Å²) in [6.07, 6.45) is 9.77. The largest absolute Gasteiger partial charge is 0.290 e. The Morgan fingerprint density at radius 3 is 1.83 bits per heavy atom. The van der Waals surface area contributed by atoms with E-state index in [1.165, 1.54) is 50.5 Å². The van der Waals surface area contributed by atoms with Gasteiger partial charge in [0.15, 0.2) is 5.75 Å². The smallest absolute Gasteiger partial charge is 0.182 e. The van der Waals surface area contributed by atoms with Crippen LogP contribution in [0.25, 0.3) is 0 Å². The SMILES string of the molecule is CCCCCC(C)(C)c1ccc([O])c(C(C)(C)CCCCC)c1. The molecule has 0 heterocycles. The van der Waals surface area contributed by atoms with Gasteiger partial charge in [0.1, 0.15) is 0 Å². The predicted octanol–water partition coefficient (Wildman–Crippen LogP) is 7.55. The molecule has 0 saturated heterocycles. The van der Waals surface area contributed by atoms with Crippen molar-refractivity contribution in [1.82, 2.24) is 0 Å². The summed E-state index contributed by atoms with van der Waals surface area (Å²) >= 11 is 0. The van der Waals surface area contributed by atoms with Gasteiger partial charge in [0, 0.05) is 5.56 Å². The third-order valence-electron chi connectivity index (χ3n) is 5.30. The second kappa shape index (κ2) is 8.76. The van der Waals surface area contributed by atoms with Crippen molar-refractivity contribution in [3.05, 3.63) is 29.3 Å². The predicted molar refractivity (Wildman–Crippen MR) is 101 cm³/mol. The van der Waals surface area contributed by atoms with E-state index < -0.39 is 0 Å². The minimum Gasteiger partial charge on any atom is -0.290 e. The number of hydrogen-bond donors (Lipinski definition) is 0. The molecule has 23 heavy (non-hydrogen) atoms. The Kier molecular flexibility index (Phi) is 7.64. The Morgan fingerprint density at radius 1 is 0.783 bits per heavy atom. The van der Waals surface area contributed by atoms with Gasteiger partial charge >= 0.3 is 0 Å². The lowest BCUT2D eigenvalue weighted by Gasteiger charge is -2.30. The lowest BCUT2D eigenvalue weighted by molar-refractivity contribution is 0.330. The van der Waals surface area contributed by atoms with Gasteiger partial charge < -0.3 is 0 Å². The standard InChI is InChI=1S/C22H37O/c1-7-9-11-15-21(3,4)18-13-14-20(23)19(17-18)22(5,6)16-12-10-8-2/h13-14,17H,7-12,15-16H2,1-6H3. The number of hydrogen-bond acceptors (Lipinski definition) is 0. The van der Waals surface area contributed by atoms with E-state index in [1.54, 1.807) is 6.07 Å². The van der Waals surface area contributed by atoms with Gasteiger partial charge in [-0.3, -0.25) is 5.11 Å². The first-order valence-electron chi connectivity index (χ1n) is 9.56. The van der Waals surface area contributed by atoms with Gasteiger partial charge in [-0.25, -0.2) is 0 Å². The lowest BCUT2D eigenvalue weighted by Crippen LogP contribution is -2.21. The molecule has 0 unspecified atom stereocenters. The zero-order chi connectivity index (χ0) is 17.5. The van der Waals surface area contributed by atoms with Gasteiger partial charge in [-0.1, -0.05) is 92.2 Å². The molecule has 0 amide bonds. The van der Waals surface area contributed by atoms with Crippen molar-refractivity contribution >= 4 is 0 Å². The zero-order valence-electron chi connectivity index (χ0n) is 16.3. The highest BCUT2D eigenvalue weighted by molar-refractivity contribution is 5.43. The first-order chi connectivity index (χ1) is 10.7. The van der Waals surface area contributed by atoms with E-state index in [-0.39, 0.29) is 16.6 Å². The minimum absolute atomic E-state index is 0.0260. The summed E-state index contributed by atoms with van der Waals surface area (Å²) in [5.74, 6) is 0.208. The zero-order valence-corrected chi connectivity index (χ0v) is 16.3. The molecule has 1 aromatic rings. The molecule has 0 N–H and O–H groups in total. The van der Waals surface area contributed by atoms with E-state index in [0.717, 1.165) is 12.0 Å². The van der Waals surface area contributed by atoms with Crippen LogP contribution in [0.3, 0.4) is 0 Å². The van der Waals surface area contributed by atoms with Crippen LogP contribution < -0.4 is 0 Å². The van der Waals surface area contributed by atoms with Gasteiger partial charge in [0.05, 0.1) is 0 Å². The molecule has 1 aromatic carbocycles. The van der Waals surface area contributed by atoms with Crippen molar-refractivity contribution < 1.29 is 5.11 Å². The third kappa shape index (κ3) is 5.86. The van der Waals surface area contributed by atoms with Crippen molar-refractivity contribution in [3.63, 3.8) is 0 Å². The number of benzene rings is 1. The van der Waals surface area contributed by atoms with Crippen LogP contribution in [0.5, 0.6) is 5.75 Å². The minimum atomic E-state index is -0.0260. The number of rotatable bonds is 10. The molecule has 1 nitrogen and oxygen atoms in total. The van der Waals surface area contributed by atoms with Crippen molar-refractivity contribution in [2.45, 2.75) is 104 Å². The average molecular weight is 318 g/mol. The Hall–Kier alpha value is -0.980. The summed E-state index contributed by atoms with van der Waals surface area (Å²) in [6, 6.07) is 6.06. The summed E-state index contributed by atoms with van der Waals surface area (Å²) in [5, 5.41) is 12.4. The van der Waals surface area contributed by atoms with E-state index in [9.17, 15) is 5.11 Å². The molecule has 0 spiro atoms. The summed E-state index contributed by atoms with van der Waals surface area (Å²) in [4.78, 5) is 0. The molecule has 1 heteroatoms. The van der Waals surface area contributed by atoms with Gasteiger partial charge in [0.2, 0.25) is 0 Å². The Bertz CT molecular complexity index is 471. The topological polar surface area (TPSA) is 19.9 Å². The normalized spacial score (nSPS) is 12.6. The van der Waals surface area contributed by atoms with E-state index in [4.69, 9.17) is 0 Å². The Morgan fingerprint density at radius 2 is 1.30 bits per heavy atom. The lowest BCUT2D eigenvalue weighted by atomic mass is 9.74. The van der Waals surface area contributed by atoms with Crippen LogP contribution in [0.4, 0.5) is 0 Å². The van der Waals surface area contributed by atoms with E-state index in [2.05, 4.69) is 53.7 Å². The highest BCUT2D eigenvalue weighted by Gasteiger charge is 2.28. The molecular weight excluding hydrogens is 280 g/mol. The highest BCUT2D eigenvalue weighted by atomic mass is 16.3. The molecule has 131 valence electrons. The fraction of sp³-hybridized carbons (Fsp3) is 0.727. The molecule has 0 aliphatic rings. The molecular formula is C22H37O. The summed E-state index contributed by atoms with van der Waals surface area (Å²) < 4.78 is 0. The van der Waals surface area contributed by atoms with Crippen LogP contribution in [-0.4, -0.2) is 0 Å². The Balaban J connectivity index is 2.97. The maximum Gasteiger partial charge on any atom is 0.182 e. The maximum absolute atomic E-state index is 12.4. The van der Waals surface area contributed by atoms with Gasteiger partial charge in [-0.2, -0.15) is 0 Å². The van der Waals surface area contributed by atoms with Gasteiger partial charge in [-0.05, 0) is 35.3 Å². The number of unbranched alkanes of at least 4 members (excludes halogenated alkanes) is 4. The second-order valence-corrected chi connectivity index (χ2v) is 8.39. The van der Waals surface area contributed by atoms with Crippen LogP contribution in [0, 0.1) is 0 Å². The molecule has 0 aliphatic heterocycles. The van der Waals surface area contributed by atoms with Gasteiger partial charge in [-0.15, -0.1) is 0 Å². The van der Waals surface area contributed by atoms with Gasteiger partial charge in [0.25, 0.3) is 0 Å². The third-order valence-corrected chi connectivity index (χ3v) is 5.30. The highest BCUT2D eigenvalue weighted by Crippen LogP contribution is 2.39. The maximum atomic E-state index is 12.4. The Labute approximate surface area is 144 Å². The van der Waals surface area contributed by atoms with Crippen LogP contribution >= 0.6 is 0 Å². The van der Waals surface area contributed by atoms with Crippen LogP contribution in [0.1, 0.15) is 104 Å². The van der Waals surface area contributed by atoms with E-state index >= 15 is 0 Å². The monoisotopic (exact) mass is 317 g/mol. The summed E-state index contributed by atoms with van der Waals surface area (Å²) in [6.45, 7) is 13.6. The summed E-state index contributed by atoms with van der Waals surface area (Å²) in [7, 11) is 0.